The molecule has 272 valence electrons. The first-order valence-electron chi connectivity index (χ1n) is 19.2. The number of rotatable bonds is 5. The molecule has 3 N–H and O–H groups in total. The summed E-state index contributed by atoms with van der Waals surface area (Å²) in [5.41, 5.74) is -0.567. The van der Waals surface area contributed by atoms with Crippen LogP contribution >= 0.6 is 0 Å². The SMILES string of the molecule is CC1CC(C(O)C(C)(C)O)OC2C1C1(C)CCC34CC35CCC(OC3CN(C(=O)c6cccnc6)CCO3)C(C)(C)C5CCC4C1(C)C2O. The van der Waals surface area contributed by atoms with Gasteiger partial charge in [-0.05, 0) is 123 Å². The number of hydrogen-bond acceptors (Lipinski definition) is 8. The van der Waals surface area contributed by atoms with Gasteiger partial charge in [-0.15, -0.1) is 0 Å². The van der Waals surface area contributed by atoms with Crippen molar-refractivity contribution in [2.24, 2.45) is 50.7 Å². The molecule has 14 unspecified atom stereocenters. The lowest BCUT2D eigenvalue weighted by atomic mass is 9.41. The topological polar surface area (TPSA) is 122 Å². The zero-order valence-corrected chi connectivity index (χ0v) is 30.7. The highest BCUT2D eigenvalue weighted by Crippen LogP contribution is 2.89. The number of aliphatic hydroxyl groups is 3. The zero-order valence-electron chi connectivity index (χ0n) is 30.7. The van der Waals surface area contributed by atoms with Crippen LogP contribution in [-0.2, 0) is 14.2 Å². The van der Waals surface area contributed by atoms with Gasteiger partial charge in [-0.2, -0.15) is 0 Å². The van der Waals surface area contributed by atoms with Crippen LogP contribution in [0.2, 0.25) is 0 Å². The van der Waals surface area contributed by atoms with Gasteiger partial charge in [-0.25, -0.2) is 0 Å². The lowest BCUT2D eigenvalue weighted by molar-refractivity contribution is -0.245. The first-order valence-corrected chi connectivity index (χ1v) is 19.2. The second-order valence-corrected chi connectivity index (χ2v) is 19.1. The quantitative estimate of drug-likeness (QED) is 0.388. The smallest absolute Gasteiger partial charge is 0.255 e. The highest BCUT2D eigenvalue weighted by atomic mass is 16.7. The minimum atomic E-state index is -1.26. The molecule has 1 aromatic rings. The van der Waals surface area contributed by atoms with E-state index in [1.54, 1.807) is 32.3 Å². The molecule has 7 fully saturated rings. The summed E-state index contributed by atoms with van der Waals surface area (Å²) < 4.78 is 19.6. The minimum absolute atomic E-state index is 0.0273. The van der Waals surface area contributed by atoms with Gasteiger partial charge >= 0.3 is 0 Å². The predicted octanol–water partition coefficient (Wildman–Crippen LogP) is 5.21. The molecular weight excluding hydrogens is 620 g/mol. The van der Waals surface area contributed by atoms with E-state index in [9.17, 15) is 20.1 Å². The van der Waals surface area contributed by atoms with Gasteiger partial charge < -0.3 is 34.4 Å². The third-order valence-corrected chi connectivity index (χ3v) is 16.4. The molecule has 49 heavy (non-hydrogen) atoms. The number of amides is 1. The summed E-state index contributed by atoms with van der Waals surface area (Å²) in [6.45, 7) is 16.7. The molecule has 5 saturated carbocycles. The number of ether oxygens (including phenoxy) is 3. The third-order valence-electron chi connectivity index (χ3n) is 16.4. The lowest BCUT2D eigenvalue weighted by Crippen LogP contribution is -2.60. The third kappa shape index (κ3) is 4.64. The Bertz CT molecular complexity index is 1450. The fourth-order valence-corrected chi connectivity index (χ4v) is 14.0. The zero-order chi connectivity index (χ0) is 34.9. The molecule has 1 aromatic heterocycles. The van der Waals surface area contributed by atoms with Crippen molar-refractivity contribution in [1.82, 2.24) is 9.88 Å². The molecule has 5 aliphatic carbocycles. The van der Waals surface area contributed by atoms with Crippen LogP contribution in [0.4, 0.5) is 0 Å². The van der Waals surface area contributed by atoms with E-state index in [0.717, 1.165) is 32.1 Å². The molecule has 14 atom stereocenters. The average Bonchev–Trinajstić information content (AvgIpc) is 3.70. The number of pyridine rings is 1. The lowest BCUT2D eigenvalue weighted by Gasteiger charge is -2.64. The number of aromatic nitrogens is 1. The molecule has 1 amide bonds. The molecule has 2 spiro atoms. The van der Waals surface area contributed by atoms with E-state index >= 15 is 0 Å². The van der Waals surface area contributed by atoms with Crippen LogP contribution in [0.3, 0.4) is 0 Å². The van der Waals surface area contributed by atoms with Crippen molar-refractivity contribution in [1.29, 1.82) is 0 Å². The number of carbonyl (C=O) groups is 1. The van der Waals surface area contributed by atoms with Gasteiger partial charge in [0.25, 0.3) is 5.91 Å². The molecule has 0 radical (unpaired) electrons. The highest BCUT2D eigenvalue weighted by molar-refractivity contribution is 5.93. The summed E-state index contributed by atoms with van der Waals surface area (Å²) in [5, 5.41) is 34.2. The molecule has 9 heteroatoms. The molecule has 2 saturated heterocycles. The van der Waals surface area contributed by atoms with Gasteiger partial charge in [0, 0.05) is 24.4 Å². The number of aliphatic hydroxyl groups excluding tert-OH is 2. The van der Waals surface area contributed by atoms with Crippen molar-refractivity contribution in [3.8, 4) is 0 Å². The van der Waals surface area contributed by atoms with Crippen LogP contribution < -0.4 is 0 Å². The largest absolute Gasteiger partial charge is 0.390 e. The van der Waals surface area contributed by atoms with Crippen LogP contribution in [0.25, 0.3) is 0 Å². The number of nitrogens with zero attached hydrogens (tertiary/aromatic N) is 2. The van der Waals surface area contributed by atoms with E-state index < -0.39 is 30.2 Å². The Hall–Kier alpha value is -1.62. The average molecular weight is 681 g/mol. The Morgan fingerprint density at radius 1 is 1.10 bits per heavy atom. The molecule has 3 heterocycles. The van der Waals surface area contributed by atoms with Gasteiger partial charge in [0.2, 0.25) is 0 Å². The van der Waals surface area contributed by atoms with E-state index in [1.807, 2.05) is 11.0 Å². The molecule has 2 aliphatic heterocycles. The Balaban J connectivity index is 1.00. The highest BCUT2D eigenvalue weighted by Gasteiger charge is 2.84. The Morgan fingerprint density at radius 2 is 1.84 bits per heavy atom. The molecular formula is C40H60N2O7. The van der Waals surface area contributed by atoms with Gasteiger partial charge in [-0.1, -0.05) is 34.6 Å². The van der Waals surface area contributed by atoms with Gasteiger partial charge in [-0.3, -0.25) is 9.78 Å². The number of carbonyl (C=O) groups excluding carboxylic acids is 1. The van der Waals surface area contributed by atoms with Crippen molar-refractivity contribution < 1.29 is 34.3 Å². The normalized spacial score (nSPS) is 49.1. The summed E-state index contributed by atoms with van der Waals surface area (Å²) in [5.74, 6) is 1.43. The Kier molecular flexibility index (Phi) is 7.87. The van der Waals surface area contributed by atoms with Gasteiger partial charge in [0.05, 0.1) is 48.7 Å². The van der Waals surface area contributed by atoms with Crippen LogP contribution in [0, 0.1) is 50.7 Å². The molecule has 7 aliphatic rings. The summed E-state index contributed by atoms with van der Waals surface area (Å²) in [6.07, 6.45) is 9.07. The number of fused-ring (bicyclic) bond motifs is 4. The predicted molar refractivity (Wildman–Crippen MR) is 183 cm³/mol. The number of morpholine rings is 1. The molecule has 0 bridgehead atoms. The van der Waals surface area contributed by atoms with Crippen LogP contribution in [0.5, 0.6) is 0 Å². The standard InChI is InChI=1S/C40H60N2O7/c1-23-19-25(32(43)36(4,5)46)48-31-30(23)37(6)14-15-40-22-39(40)13-12-28(35(2,3)26(39)10-11-27(40)38(37,7)33(31)44)49-29-21-42(17-18-47-29)34(45)24-9-8-16-41-20-24/h8-9,16,20,23,25-33,43-44,46H,10-15,17-19,21-22H2,1-7H3. The monoisotopic (exact) mass is 680 g/mol. The maximum Gasteiger partial charge on any atom is 0.255 e. The van der Waals surface area contributed by atoms with Gasteiger partial charge in [0.1, 0.15) is 6.10 Å². The molecule has 0 aromatic carbocycles. The molecule has 8 rings (SSSR count). The first-order chi connectivity index (χ1) is 23.0. The first kappa shape index (κ1) is 34.5. The van der Waals surface area contributed by atoms with Gasteiger partial charge in [0.15, 0.2) is 6.29 Å². The Morgan fingerprint density at radius 3 is 2.55 bits per heavy atom. The van der Waals surface area contributed by atoms with E-state index in [0.29, 0.717) is 43.5 Å². The van der Waals surface area contributed by atoms with Crippen molar-refractivity contribution in [3.05, 3.63) is 30.1 Å². The van der Waals surface area contributed by atoms with Crippen LogP contribution in [-0.4, -0.2) is 93.2 Å². The second-order valence-electron chi connectivity index (χ2n) is 19.1. The number of hydrogen-bond donors (Lipinski definition) is 3. The van der Waals surface area contributed by atoms with Crippen molar-refractivity contribution in [3.63, 3.8) is 0 Å². The Labute approximate surface area is 292 Å². The molecule has 9 nitrogen and oxygen atoms in total. The van der Waals surface area contributed by atoms with Crippen LogP contribution in [0.1, 0.15) is 110 Å². The van der Waals surface area contributed by atoms with Crippen molar-refractivity contribution in [2.45, 2.75) is 142 Å². The summed E-state index contributed by atoms with van der Waals surface area (Å²) >= 11 is 0. The van der Waals surface area contributed by atoms with E-state index in [4.69, 9.17) is 14.2 Å². The second kappa shape index (κ2) is 11.2. The van der Waals surface area contributed by atoms with Crippen molar-refractivity contribution >= 4 is 5.91 Å². The summed E-state index contributed by atoms with van der Waals surface area (Å²) in [4.78, 5) is 19.2. The fraction of sp³-hybridized carbons (Fsp3) is 0.850. The van der Waals surface area contributed by atoms with Crippen molar-refractivity contribution in [2.75, 3.05) is 19.7 Å². The summed E-state index contributed by atoms with van der Waals surface area (Å²) in [7, 11) is 0. The van der Waals surface area contributed by atoms with E-state index in [-0.39, 0.29) is 57.0 Å². The summed E-state index contributed by atoms with van der Waals surface area (Å²) in [6, 6.07) is 3.61. The maximum absolute atomic E-state index is 13.2. The fourth-order valence-electron chi connectivity index (χ4n) is 14.0. The van der Waals surface area contributed by atoms with E-state index in [1.165, 1.54) is 12.8 Å². The van der Waals surface area contributed by atoms with E-state index in [2.05, 4.69) is 39.6 Å². The van der Waals surface area contributed by atoms with Crippen LogP contribution in [0.15, 0.2) is 24.5 Å². The minimum Gasteiger partial charge on any atom is -0.390 e. The maximum atomic E-state index is 13.2.